The van der Waals surface area contributed by atoms with Crippen LogP contribution < -0.4 is 10.1 Å². The Morgan fingerprint density at radius 1 is 1.33 bits per heavy atom. The van der Waals surface area contributed by atoms with Crippen molar-refractivity contribution in [3.05, 3.63) is 24.0 Å². The molecule has 2 aromatic heterocycles. The summed E-state index contributed by atoms with van der Waals surface area (Å²) in [6.07, 6.45) is 0.0644. The number of ether oxygens (including phenoxy) is 2. The third kappa shape index (κ3) is 3.37. The van der Waals surface area contributed by atoms with E-state index in [4.69, 9.17) is 14.0 Å². The van der Waals surface area contributed by atoms with Gasteiger partial charge in [-0.15, -0.1) is 0 Å². The van der Waals surface area contributed by atoms with E-state index in [2.05, 4.69) is 20.4 Å². The quantitative estimate of drug-likeness (QED) is 0.915. The number of rotatable bonds is 4. The molecule has 0 amide bonds. The van der Waals surface area contributed by atoms with Gasteiger partial charge >= 0.3 is 0 Å². The van der Waals surface area contributed by atoms with Crippen LogP contribution in [0.5, 0.6) is 5.88 Å². The lowest BCUT2D eigenvalue weighted by Crippen LogP contribution is -2.35. The van der Waals surface area contributed by atoms with Crippen molar-refractivity contribution in [2.24, 2.45) is 0 Å². The van der Waals surface area contributed by atoms with E-state index in [1.807, 2.05) is 26.0 Å². The summed E-state index contributed by atoms with van der Waals surface area (Å²) in [6, 6.07) is 5.43. The molecule has 1 aliphatic rings. The Morgan fingerprint density at radius 3 is 3.00 bits per heavy atom. The summed E-state index contributed by atoms with van der Waals surface area (Å²) in [4.78, 5) is 8.76. The summed E-state index contributed by atoms with van der Waals surface area (Å²) in [6.45, 7) is 5.94. The fraction of sp³-hybridized carbons (Fsp3) is 0.500. The Balaban J connectivity index is 1.79. The lowest BCUT2D eigenvalue weighted by Gasteiger charge is -2.20. The summed E-state index contributed by atoms with van der Waals surface area (Å²) in [7, 11) is 0. The monoisotopic (exact) mass is 290 g/mol. The molecule has 0 aliphatic carbocycles. The summed E-state index contributed by atoms with van der Waals surface area (Å²) >= 11 is 0. The van der Waals surface area contributed by atoms with E-state index in [0.29, 0.717) is 36.5 Å². The average Bonchev–Trinajstić information content (AvgIpc) is 2.98. The van der Waals surface area contributed by atoms with E-state index >= 15 is 0 Å². The van der Waals surface area contributed by atoms with Gasteiger partial charge in [-0.1, -0.05) is 11.2 Å². The third-order valence-electron chi connectivity index (χ3n) is 2.97. The molecule has 0 spiro atoms. The molecule has 1 N–H and O–H groups in total. The molecule has 0 saturated carbocycles. The summed E-state index contributed by atoms with van der Waals surface area (Å²) in [5.74, 6) is 1.51. The maximum atomic E-state index is 5.57. The van der Waals surface area contributed by atoms with Crippen molar-refractivity contribution < 1.29 is 14.0 Å². The second-order valence-corrected chi connectivity index (χ2v) is 5.07. The number of aromatic nitrogens is 3. The maximum Gasteiger partial charge on any atom is 0.276 e. The summed E-state index contributed by atoms with van der Waals surface area (Å²) in [5, 5.41) is 7.28. The molecule has 0 aromatic carbocycles. The first-order valence-corrected chi connectivity index (χ1v) is 7.01. The molecule has 0 radical (unpaired) electrons. The Labute approximate surface area is 122 Å². The van der Waals surface area contributed by atoms with Crippen molar-refractivity contribution in [2.45, 2.75) is 26.0 Å². The average molecular weight is 290 g/mol. The van der Waals surface area contributed by atoms with E-state index in [-0.39, 0.29) is 12.1 Å². The molecule has 0 unspecified atom stereocenters. The largest absolute Gasteiger partial charge is 0.475 e. The SMILES string of the molecule is CC(C)Oc1cccc(-c2nc([C@H]3COCCN3)no2)n1. The smallest absolute Gasteiger partial charge is 0.276 e. The van der Waals surface area contributed by atoms with Crippen molar-refractivity contribution in [1.82, 2.24) is 20.4 Å². The maximum absolute atomic E-state index is 5.57. The van der Waals surface area contributed by atoms with Gasteiger partial charge < -0.3 is 19.3 Å². The van der Waals surface area contributed by atoms with Gasteiger partial charge in [-0.3, -0.25) is 0 Å². The normalized spacial score (nSPS) is 18.9. The molecule has 112 valence electrons. The van der Waals surface area contributed by atoms with Crippen LogP contribution in [0, 0.1) is 0 Å². The van der Waals surface area contributed by atoms with Crippen LogP contribution in [0.3, 0.4) is 0 Å². The van der Waals surface area contributed by atoms with Crippen LogP contribution in [-0.4, -0.2) is 41.0 Å². The third-order valence-corrected chi connectivity index (χ3v) is 2.97. The minimum Gasteiger partial charge on any atom is -0.475 e. The summed E-state index contributed by atoms with van der Waals surface area (Å²) in [5.41, 5.74) is 0.601. The van der Waals surface area contributed by atoms with E-state index in [1.165, 1.54) is 0 Å². The predicted molar refractivity (Wildman–Crippen MR) is 74.9 cm³/mol. The zero-order chi connectivity index (χ0) is 14.7. The second-order valence-electron chi connectivity index (χ2n) is 5.07. The lowest BCUT2D eigenvalue weighted by molar-refractivity contribution is 0.0734. The van der Waals surface area contributed by atoms with Crippen LogP contribution in [-0.2, 0) is 4.74 Å². The van der Waals surface area contributed by atoms with E-state index < -0.39 is 0 Å². The van der Waals surface area contributed by atoms with Crippen LogP contribution in [0.2, 0.25) is 0 Å². The number of morpholine rings is 1. The first-order chi connectivity index (χ1) is 10.2. The molecular weight excluding hydrogens is 272 g/mol. The van der Waals surface area contributed by atoms with E-state index in [0.717, 1.165) is 6.54 Å². The van der Waals surface area contributed by atoms with E-state index in [9.17, 15) is 0 Å². The number of nitrogens with zero attached hydrogens (tertiary/aromatic N) is 3. The van der Waals surface area contributed by atoms with Gasteiger partial charge in [0, 0.05) is 12.6 Å². The molecule has 1 atom stereocenters. The molecule has 0 bridgehead atoms. The van der Waals surface area contributed by atoms with Crippen LogP contribution >= 0.6 is 0 Å². The van der Waals surface area contributed by atoms with Crippen molar-refractivity contribution >= 4 is 0 Å². The zero-order valence-electron chi connectivity index (χ0n) is 12.1. The summed E-state index contributed by atoms with van der Waals surface area (Å²) < 4.78 is 16.2. The van der Waals surface area contributed by atoms with Crippen LogP contribution in [0.1, 0.15) is 25.7 Å². The topological polar surface area (TPSA) is 82.3 Å². The molecule has 7 nitrogen and oxygen atoms in total. The highest BCUT2D eigenvalue weighted by atomic mass is 16.5. The van der Waals surface area contributed by atoms with Gasteiger partial charge in [-0.05, 0) is 19.9 Å². The van der Waals surface area contributed by atoms with Gasteiger partial charge in [0.2, 0.25) is 5.88 Å². The second kappa shape index (κ2) is 6.19. The number of hydrogen-bond acceptors (Lipinski definition) is 7. The highest BCUT2D eigenvalue weighted by molar-refractivity contribution is 5.47. The fourth-order valence-corrected chi connectivity index (χ4v) is 2.05. The Morgan fingerprint density at radius 2 is 2.24 bits per heavy atom. The van der Waals surface area contributed by atoms with Crippen molar-refractivity contribution in [3.8, 4) is 17.5 Å². The van der Waals surface area contributed by atoms with Crippen molar-refractivity contribution in [1.29, 1.82) is 0 Å². The predicted octanol–water partition coefficient (Wildman–Crippen LogP) is 1.58. The molecule has 2 aromatic rings. The van der Waals surface area contributed by atoms with Crippen LogP contribution in [0.15, 0.2) is 22.7 Å². The first kappa shape index (κ1) is 14.0. The Kier molecular flexibility index (Phi) is 4.12. The number of pyridine rings is 1. The van der Waals surface area contributed by atoms with Gasteiger partial charge in [0.1, 0.15) is 5.69 Å². The molecule has 21 heavy (non-hydrogen) atoms. The molecule has 7 heteroatoms. The minimum atomic E-state index is -0.0358. The van der Waals surface area contributed by atoms with Gasteiger partial charge in [0.15, 0.2) is 5.82 Å². The molecule has 3 heterocycles. The molecule has 3 rings (SSSR count). The molecule has 1 aliphatic heterocycles. The minimum absolute atomic E-state index is 0.0358. The zero-order valence-corrected chi connectivity index (χ0v) is 12.1. The van der Waals surface area contributed by atoms with Gasteiger partial charge in [-0.25, -0.2) is 4.98 Å². The highest BCUT2D eigenvalue weighted by Gasteiger charge is 2.21. The van der Waals surface area contributed by atoms with Crippen LogP contribution in [0.25, 0.3) is 11.6 Å². The van der Waals surface area contributed by atoms with Gasteiger partial charge in [0.05, 0.1) is 25.4 Å². The number of nitrogens with one attached hydrogen (secondary N) is 1. The fourth-order valence-electron chi connectivity index (χ4n) is 2.05. The van der Waals surface area contributed by atoms with E-state index in [1.54, 1.807) is 6.07 Å². The van der Waals surface area contributed by atoms with Crippen molar-refractivity contribution in [2.75, 3.05) is 19.8 Å². The van der Waals surface area contributed by atoms with Gasteiger partial charge in [-0.2, -0.15) is 4.98 Å². The Hall–Kier alpha value is -1.99. The highest BCUT2D eigenvalue weighted by Crippen LogP contribution is 2.21. The van der Waals surface area contributed by atoms with Crippen LogP contribution in [0.4, 0.5) is 0 Å². The molecular formula is C14H18N4O3. The van der Waals surface area contributed by atoms with Crippen molar-refractivity contribution in [3.63, 3.8) is 0 Å². The standard InChI is InChI=1S/C14H18N4O3/c1-9(2)20-12-5-3-4-10(16-12)14-17-13(18-21-14)11-8-19-7-6-15-11/h3-5,9,11,15H,6-8H2,1-2H3/t11-/m1/s1. The molecule has 1 saturated heterocycles. The number of hydrogen-bond donors (Lipinski definition) is 1. The lowest BCUT2D eigenvalue weighted by atomic mass is 10.2. The molecule has 1 fully saturated rings. The Bertz CT molecular complexity index is 593. The first-order valence-electron chi connectivity index (χ1n) is 7.01. The van der Waals surface area contributed by atoms with Gasteiger partial charge in [0.25, 0.3) is 5.89 Å².